The molecule has 0 aromatic carbocycles. The van der Waals surface area contributed by atoms with Gasteiger partial charge in [0, 0.05) is 18.7 Å². The van der Waals surface area contributed by atoms with E-state index in [1.807, 2.05) is 0 Å². The molecular formula is C20H31F2N. The lowest BCUT2D eigenvalue weighted by atomic mass is 9.76. The summed E-state index contributed by atoms with van der Waals surface area (Å²) in [6.45, 7) is 4.21. The van der Waals surface area contributed by atoms with Gasteiger partial charge in [0.2, 0.25) is 5.92 Å². The molecule has 0 spiro atoms. The van der Waals surface area contributed by atoms with Crippen LogP contribution in [0.2, 0.25) is 0 Å². The maximum atomic E-state index is 13.1. The van der Waals surface area contributed by atoms with Gasteiger partial charge in [-0.3, -0.25) is 4.99 Å². The molecule has 0 aromatic heterocycles. The lowest BCUT2D eigenvalue weighted by Crippen LogP contribution is -2.23. The lowest BCUT2D eigenvalue weighted by Gasteiger charge is -2.30. The van der Waals surface area contributed by atoms with Gasteiger partial charge in [0.1, 0.15) is 0 Å². The second kappa shape index (κ2) is 6.64. The van der Waals surface area contributed by atoms with Crippen LogP contribution in [0.5, 0.6) is 0 Å². The topological polar surface area (TPSA) is 12.4 Å². The number of nitrogens with zero attached hydrogens (tertiary/aromatic N) is 1. The second-order valence-electron chi connectivity index (χ2n) is 8.47. The van der Waals surface area contributed by atoms with Crippen LogP contribution >= 0.6 is 0 Å². The maximum absolute atomic E-state index is 13.1. The van der Waals surface area contributed by atoms with E-state index < -0.39 is 5.92 Å². The van der Waals surface area contributed by atoms with E-state index in [0.29, 0.717) is 17.8 Å². The monoisotopic (exact) mass is 323 g/mol. The van der Waals surface area contributed by atoms with Gasteiger partial charge in [-0.2, -0.15) is 0 Å². The molecule has 23 heavy (non-hydrogen) atoms. The molecule has 1 heterocycles. The molecule has 1 saturated carbocycles. The summed E-state index contributed by atoms with van der Waals surface area (Å²) in [5.41, 5.74) is 3.26. The zero-order valence-electron chi connectivity index (χ0n) is 14.7. The number of hydrogen-bond donors (Lipinski definition) is 0. The molecule has 3 aliphatic rings. The molecule has 3 heteroatoms. The summed E-state index contributed by atoms with van der Waals surface area (Å²) in [7, 11) is 0. The van der Waals surface area contributed by atoms with Crippen LogP contribution in [0.15, 0.2) is 16.6 Å². The third kappa shape index (κ3) is 4.64. The van der Waals surface area contributed by atoms with Crippen LogP contribution < -0.4 is 0 Å². The van der Waals surface area contributed by atoms with Crippen LogP contribution in [-0.4, -0.2) is 18.2 Å². The van der Waals surface area contributed by atoms with E-state index in [1.54, 1.807) is 5.57 Å². The van der Waals surface area contributed by atoms with Gasteiger partial charge in [0.25, 0.3) is 0 Å². The van der Waals surface area contributed by atoms with E-state index in [2.05, 4.69) is 18.0 Å². The number of hydrogen-bond acceptors (Lipinski definition) is 1. The molecule has 1 nitrogen and oxygen atoms in total. The Labute approximate surface area is 139 Å². The van der Waals surface area contributed by atoms with Crippen LogP contribution in [-0.2, 0) is 0 Å². The molecule has 0 N–H and O–H groups in total. The van der Waals surface area contributed by atoms with Crippen molar-refractivity contribution in [1.29, 1.82) is 0 Å². The van der Waals surface area contributed by atoms with E-state index in [0.717, 1.165) is 37.9 Å². The molecule has 0 radical (unpaired) electrons. The Kier molecular flexibility index (Phi) is 4.94. The molecule has 0 aromatic rings. The van der Waals surface area contributed by atoms with Gasteiger partial charge in [-0.15, -0.1) is 0 Å². The first kappa shape index (κ1) is 17.1. The van der Waals surface area contributed by atoms with Crippen molar-refractivity contribution >= 4 is 5.71 Å². The minimum absolute atomic E-state index is 0.0489. The predicted molar refractivity (Wildman–Crippen MR) is 92.3 cm³/mol. The fourth-order valence-corrected chi connectivity index (χ4v) is 4.43. The van der Waals surface area contributed by atoms with E-state index in [1.165, 1.54) is 38.5 Å². The van der Waals surface area contributed by atoms with E-state index in [4.69, 9.17) is 0 Å². The van der Waals surface area contributed by atoms with E-state index in [9.17, 15) is 8.78 Å². The average Bonchev–Trinajstić information content (AvgIpc) is 3.26. The van der Waals surface area contributed by atoms with Gasteiger partial charge in [-0.25, -0.2) is 8.78 Å². The first-order valence-corrected chi connectivity index (χ1v) is 9.46. The van der Waals surface area contributed by atoms with Gasteiger partial charge in [0.05, 0.1) is 0 Å². The Morgan fingerprint density at radius 2 is 2.09 bits per heavy atom. The minimum atomic E-state index is -2.56. The highest BCUT2D eigenvalue weighted by atomic mass is 19.3. The van der Waals surface area contributed by atoms with Crippen molar-refractivity contribution in [2.24, 2.45) is 22.2 Å². The molecule has 0 saturated heterocycles. The molecule has 1 aliphatic heterocycles. The maximum Gasteiger partial charge on any atom is 0.245 e. The van der Waals surface area contributed by atoms with Crippen molar-refractivity contribution in [2.75, 3.05) is 6.54 Å². The molecule has 3 rings (SSSR count). The van der Waals surface area contributed by atoms with Gasteiger partial charge in [-0.1, -0.05) is 18.6 Å². The molecule has 130 valence electrons. The highest BCUT2D eigenvalue weighted by Gasteiger charge is 2.47. The van der Waals surface area contributed by atoms with Crippen molar-refractivity contribution in [3.63, 3.8) is 0 Å². The zero-order valence-corrected chi connectivity index (χ0v) is 14.7. The Bertz CT molecular complexity index is 482. The molecule has 0 bridgehead atoms. The van der Waals surface area contributed by atoms with E-state index >= 15 is 0 Å². The number of halogens is 2. The van der Waals surface area contributed by atoms with Crippen molar-refractivity contribution in [2.45, 2.75) is 84.0 Å². The fraction of sp³-hybridized carbons (Fsp3) is 0.850. The van der Waals surface area contributed by atoms with Gasteiger partial charge in [-0.05, 0) is 82.0 Å². The summed E-state index contributed by atoms with van der Waals surface area (Å²) in [4.78, 5) is 4.52. The Morgan fingerprint density at radius 1 is 1.30 bits per heavy atom. The summed E-state index contributed by atoms with van der Waals surface area (Å²) in [5.74, 6) is -1.05. The summed E-state index contributed by atoms with van der Waals surface area (Å²) in [5, 5.41) is 0. The summed E-state index contributed by atoms with van der Waals surface area (Å²) in [6, 6.07) is 0. The van der Waals surface area contributed by atoms with Crippen molar-refractivity contribution < 1.29 is 8.78 Å². The highest BCUT2D eigenvalue weighted by Crippen LogP contribution is 2.59. The lowest BCUT2D eigenvalue weighted by molar-refractivity contribution is 0.0148. The van der Waals surface area contributed by atoms with Gasteiger partial charge >= 0.3 is 0 Å². The van der Waals surface area contributed by atoms with Crippen molar-refractivity contribution in [1.82, 2.24) is 0 Å². The molecular weight excluding hydrogens is 292 g/mol. The molecule has 2 atom stereocenters. The quantitative estimate of drug-likeness (QED) is 0.517. The average molecular weight is 323 g/mol. The third-order valence-corrected chi connectivity index (χ3v) is 6.14. The number of rotatable bonds is 6. The summed E-state index contributed by atoms with van der Waals surface area (Å²) in [6.07, 6.45) is 12.9. The molecule has 1 fully saturated rings. The Morgan fingerprint density at radius 3 is 2.70 bits per heavy atom. The first-order chi connectivity index (χ1) is 10.9. The Hall–Kier alpha value is -0.730. The van der Waals surface area contributed by atoms with Crippen LogP contribution in [0.25, 0.3) is 0 Å². The minimum Gasteiger partial charge on any atom is -0.294 e. The first-order valence-electron chi connectivity index (χ1n) is 9.46. The summed E-state index contributed by atoms with van der Waals surface area (Å²) < 4.78 is 26.1. The highest BCUT2D eigenvalue weighted by molar-refractivity contribution is 5.85. The molecule has 1 unspecified atom stereocenters. The summed E-state index contributed by atoms with van der Waals surface area (Å²) >= 11 is 0. The van der Waals surface area contributed by atoms with Crippen LogP contribution in [0.1, 0.15) is 78.1 Å². The van der Waals surface area contributed by atoms with Crippen molar-refractivity contribution in [3.8, 4) is 0 Å². The van der Waals surface area contributed by atoms with Crippen molar-refractivity contribution in [3.05, 3.63) is 11.6 Å². The zero-order chi connectivity index (χ0) is 16.5. The van der Waals surface area contributed by atoms with Gasteiger partial charge in [0.15, 0.2) is 0 Å². The van der Waals surface area contributed by atoms with Gasteiger partial charge < -0.3 is 0 Å². The normalized spacial score (nSPS) is 30.6. The predicted octanol–water partition coefficient (Wildman–Crippen LogP) is 6.19. The number of allylic oxidation sites excluding steroid dienone is 2. The number of aliphatic imine (C=N–C) groups is 1. The number of alkyl halides is 2. The second-order valence-corrected chi connectivity index (χ2v) is 8.47. The standard InChI is InChI=1S/C20H31F2N/c1-15-3-5-17(6-4-15)20(10-11-20)14-16-8-12-23-18(13-16)7-9-19(2,21)22/h5,15-16H,3-4,6-14H2,1-2H3/t15-,16?/m0/s1. The Balaban J connectivity index is 1.54. The van der Waals surface area contributed by atoms with Crippen LogP contribution in [0, 0.1) is 17.3 Å². The fourth-order valence-electron chi connectivity index (χ4n) is 4.43. The molecule has 0 amide bonds. The van der Waals surface area contributed by atoms with E-state index in [-0.39, 0.29) is 6.42 Å². The van der Waals surface area contributed by atoms with Crippen LogP contribution in [0.3, 0.4) is 0 Å². The SMILES string of the molecule is C[C@H]1CC=C(C2(CC3CCN=C(CCC(C)(F)F)C3)CC2)CC1. The smallest absolute Gasteiger partial charge is 0.245 e. The third-order valence-electron chi connectivity index (χ3n) is 6.14. The molecule has 2 aliphatic carbocycles. The largest absolute Gasteiger partial charge is 0.294 e. The van der Waals surface area contributed by atoms with Crippen LogP contribution in [0.4, 0.5) is 8.78 Å².